The minimum atomic E-state index is -0.789. The molecule has 4 rings (SSSR count). The second-order valence-electron chi connectivity index (χ2n) is 7.88. The van der Waals surface area contributed by atoms with Crippen LogP contribution >= 0.6 is 0 Å². The first-order valence-electron chi connectivity index (χ1n) is 10.6. The van der Waals surface area contributed by atoms with Crippen molar-refractivity contribution in [3.8, 4) is 5.75 Å². The molecule has 2 amide bonds. The minimum absolute atomic E-state index is 0.101. The molecule has 0 aliphatic heterocycles. The summed E-state index contributed by atoms with van der Waals surface area (Å²) in [4.78, 5) is 39.0. The number of carbonyl (C=O) groups excluding carboxylic acids is 2. The Labute approximate surface area is 185 Å². The maximum Gasteiger partial charge on any atom is 0.261 e. The average molecular weight is 431 g/mol. The van der Waals surface area contributed by atoms with E-state index in [1.54, 1.807) is 0 Å². The number of amides is 2. The summed E-state index contributed by atoms with van der Waals surface area (Å²) in [5, 5.41) is 2.96. The Morgan fingerprint density at radius 1 is 1.09 bits per heavy atom. The van der Waals surface area contributed by atoms with Gasteiger partial charge in [-0.15, -0.1) is 0 Å². The zero-order valence-corrected chi connectivity index (χ0v) is 17.6. The van der Waals surface area contributed by atoms with Crippen molar-refractivity contribution in [3.63, 3.8) is 0 Å². The van der Waals surface area contributed by atoms with E-state index in [1.165, 1.54) is 6.07 Å². The number of H-pyrrole nitrogens is 1. The third-order valence-corrected chi connectivity index (χ3v) is 5.62. The highest BCUT2D eigenvalue weighted by molar-refractivity contribution is 5.92. The summed E-state index contributed by atoms with van der Waals surface area (Å²) >= 11 is 0. The fraction of sp³-hybridized carbons (Fsp3) is 0.240. The van der Waals surface area contributed by atoms with Gasteiger partial charge in [0, 0.05) is 12.1 Å². The summed E-state index contributed by atoms with van der Waals surface area (Å²) in [6.45, 7) is -0.135. The zero-order chi connectivity index (χ0) is 22.5. The zero-order valence-electron chi connectivity index (χ0n) is 17.6. The SMILES string of the molecule is NC(=O)c1cc2c([nH]c1=O)CCCC2NC(=O)COc1ccccc1Cc1ccccc1. The largest absolute Gasteiger partial charge is 0.483 e. The van der Waals surface area contributed by atoms with Crippen molar-refractivity contribution in [2.45, 2.75) is 31.7 Å². The van der Waals surface area contributed by atoms with Crippen molar-refractivity contribution >= 4 is 11.8 Å². The number of benzene rings is 2. The fourth-order valence-electron chi connectivity index (χ4n) is 4.06. The number of para-hydroxylation sites is 1. The summed E-state index contributed by atoms with van der Waals surface area (Å²) < 4.78 is 5.84. The molecule has 0 spiro atoms. The van der Waals surface area contributed by atoms with Crippen molar-refractivity contribution in [3.05, 3.63) is 99.0 Å². The van der Waals surface area contributed by atoms with Gasteiger partial charge >= 0.3 is 0 Å². The third kappa shape index (κ3) is 4.88. The second-order valence-corrected chi connectivity index (χ2v) is 7.88. The average Bonchev–Trinajstić information content (AvgIpc) is 2.79. The van der Waals surface area contributed by atoms with Gasteiger partial charge in [0.15, 0.2) is 6.61 Å². The van der Waals surface area contributed by atoms with Gasteiger partial charge in [0.2, 0.25) is 0 Å². The standard InChI is InChI=1S/C25H25N3O4/c26-24(30)19-14-18-20(10-6-11-21(18)28-25(19)31)27-23(29)15-32-22-12-5-4-9-17(22)13-16-7-2-1-3-8-16/h1-5,7-9,12,14,20H,6,10-11,13,15H2,(H2,26,30)(H,27,29)(H,28,31). The molecule has 1 aromatic heterocycles. The lowest BCUT2D eigenvalue weighted by atomic mass is 9.90. The number of ether oxygens (including phenoxy) is 1. The van der Waals surface area contributed by atoms with E-state index >= 15 is 0 Å². The first-order valence-corrected chi connectivity index (χ1v) is 10.6. The van der Waals surface area contributed by atoms with Crippen LogP contribution in [0.25, 0.3) is 0 Å². The molecule has 0 saturated carbocycles. The molecule has 1 heterocycles. The van der Waals surface area contributed by atoms with Gasteiger partial charge in [-0.3, -0.25) is 14.4 Å². The normalized spacial score (nSPS) is 14.9. The number of hydrogen-bond donors (Lipinski definition) is 3. The molecule has 3 aromatic rings. The molecule has 0 saturated heterocycles. The maximum atomic E-state index is 12.7. The first kappa shape index (κ1) is 21.4. The van der Waals surface area contributed by atoms with Crippen LogP contribution in [0.4, 0.5) is 0 Å². The summed E-state index contributed by atoms with van der Waals surface area (Å²) in [7, 11) is 0. The molecule has 1 atom stereocenters. The Bertz CT molecular complexity index is 1190. The molecule has 7 heteroatoms. The topological polar surface area (TPSA) is 114 Å². The highest BCUT2D eigenvalue weighted by Gasteiger charge is 2.25. The monoisotopic (exact) mass is 431 g/mol. The highest BCUT2D eigenvalue weighted by atomic mass is 16.5. The number of nitrogens with one attached hydrogen (secondary N) is 2. The number of carbonyl (C=O) groups is 2. The van der Waals surface area contributed by atoms with E-state index in [0.717, 1.165) is 28.8 Å². The van der Waals surface area contributed by atoms with Crippen molar-refractivity contribution in [2.75, 3.05) is 6.61 Å². The van der Waals surface area contributed by atoms with Crippen molar-refractivity contribution in [2.24, 2.45) is 5.73 Å². The molecule has 32 heavy (non-hydrogen) atoms. The summed E-state index contributed by atoms with van der Waals surface area (Å²) in [6.07, 6.45) is 2.90. The number of hydrogen-bond acceptors (Lipinski definition) is 4. The van der Waals surface area contributed by atoms with Gasteiger partial charge in [0.25, 0.3) is 17.4 Å². The predicted octanol–water partition coefficient (Wildman–Crippen LogP) is 2.64. The van der Waals surface area contributed by atoms with E-state index in [-0.39, 0.29) is 24.1 Å². The van der Waals surface area contributed by atoms with E-state index in [4.69, 9.17) is 10.5 Å². The van der Waals surface area contributed by atoms with Crippen LogP contribution in [-0.2, 0) is 17.6 Å². The quantitative estimate of drug-likeness (QED) is 0.533. The van der Waals surface area contributed by atoms with Crippen LogP contribution in [0.5, 0.6) is 5.75 Å². The molecular formula is C25H25N3O4. The lowest BCUT2D eigenvalue weighted by Crippen LogP contribution is -2.36. The molecule has 164 valence electrons. The Morgan fingerprint density at radius 3 is 2.62 bits per heavy atom. The summed E-state index contributed by atoms with van der Waals surface area (Å²) in [6, 6.07) is 18.9. The Hall–Kier alpha value is -3.87. The van der Waals surface area contributed by atoms with Gasteiger partial charge < -0.3 is 20.8 Å². The molecule has 1 aliphatic carbocycles. The lowest BCUT2D eigenvalue weighted by molar-refractivity contribution is -0.124. The maximum absolute atomic E-state index is 12.7. The first-order chi connectivity index (χ1) is 15.5. The lowest BCUT2D eigenvalue weighted by Gasteiger charge is -2.26. The third-order valence-electron chi connectivity index (χ3n) is 5.62. The Kier molecular flexibility index (Phi) is 6.35. The fourth-order valence-corrected chi connectivity index (χ4v) is 4.06. The van der Waals surface area contributed by atoms with Crippen molar-refractivity contribution < 1.29 is 14.3 Å². The minimum Gasteiger partial charge on any atom is -0.483 e. The van der Waals surface area contributed by atoms with Crippen LogP contribution in [0.15, 0.2) is 65.5 Å². The van der Waals surface area contributed by atoms with Gasteiger partial charge in [0.1, 0.15) is 11.3 Å². The van der Waals surface area contributed by atoms with Gasteiger partial charge in [-0.2, -0.15) is 0 Å². The number of aromatic nitrogens is 1. The van der Waals surface area contributed by atoms with Gasteiger partial charge in [-0.05, 0) is 48.1 Å². The second kappa shape index (κ2) is 9.51. The number of rotatable bonds is 7. The van der Waals surface area contributed by atoms with Gasteiger partial charge in [-0.25, -0.2) is 0 Å². The number of pyridine rings is 1. The van der Waals surface area contributed by atoms with Gasteiger partial charge in [0.05, 0.1) is 6.04 Å². The van der Waals surface area contributed by atoms with Crippen LogP contribution in [0.2, 0.25) is 0 Å². The van der Waals surface area contributed by atoms with Crippen molar-refractivity contribution in [1.82, 2.24) is 10.3 Å². The number of nitrogens with two attached hydrogens (primary N) is 1. The smallest absolute Gasteiger partial charge is 0.261 e. The summed E-state index contributed by atoms with van der Waals surface area (Å²) in [5.74, 6) is -0.400. The molecule has 2 aromatic carbocycles. The van der Waals surface area contributed by atoms with E-state index in [0.29, 0.717) is 25.0 Å². The van der Waals surface area contributed by atoms with Crippen LogP contribution in [-0.4, -0.2) is 23.4 Å². The van der Waals surface area contributed by atoms with Gasteiger partial charge in [-0.1, -0.05) is 48.5 Å². The number of aromatic amines is 1. The van der Waals surface area contributed by atoms with E-state index in [9.17, 15) is 14.4 Å². The number of primary amides is 1. The van der Waals surface area contributed by atoms with Crippen LogP contribution in [0, 0.1) is 0 Å². The predicted molar refractivity (Wildman–Crippen MR) is 121 cm³/mol. The molecule has 1 aliphatic rings. The van der Waals surface area contributed by atoms with E-state index < -0.39 is 11.5 Å². The Morgan fingerprint density at radius 2 is 1.84 bits per heavy atom. The highest BCUT2D eigenvalue weighted by Crippen LogP contribution is 2.28. The van der Waals surface area contributed by atoms with Crippen LogP contribution in [0.3, 0.4) is 0 Å². The molecule has 4 N–H and O–H groups in total. The van der Waals surface area contributed by atoms with E-state index in [2.05, 4.69) is 22.4 Å². The molecule has 0 bridgehead atoms. The molecule has 0 radical (unpaired) electrons. The molecular weight excluding hydrogens is 406 g/mol. The molecule has 0 fully saturated rings. The van der Waals surface area contributed by atoms with Crippen LogP contribution < -0.4 is 21.3 Å². The number of fused-ring (bicyclic) bond motifs is 1. The molecule has 7 nitrogen and oxygen atoms in total. The molecule has 1 unspecified atom stereocenters. The van der Waals surface area contributed by atoms with Crippen molar-refractivity contribution in [1.29, 1.82) is 0 Å². The van der Waals surface area contributed by atoms with E-state index in [1.807, 2.05) is 42.5 Å². The number of aryl methyl sites for hydroxylation is 1. The summed E-state index contributed by atoms with van der Waals surface area (Å²) in [5.41, 5.74) is 8.32. The van der Waals surface area contributed by atoms with Crippen LogP contribution in [0.1, 0.15) is 51.6 Å². The Balaban J connectivity index is 1.43.